The smallest absolute Gasteiger partial charge is 0.221 e. The van der Waals surface area contributed by atoms with Crippen LogP contribution in [0.2, 0.25) is 5.02 Å². The Bertz CT molecular complexity index is 411. The lowest BCUT2D eigenvalue weighted by Gasteiger charge is -2.12. The number of aromatic nitrogens is 1. The van der Waals surface area contributed by atoms with Gasteiger partial charge in [0.25, 0.3) is 0 Å². The summed E-state index contributed by atoms with van der Waals surface area (Å²) in [5.41, 5.74) is 6.21. The Morgan fingerprint density at radius 1 is 1.61 bits per heavy atom. The Morgan fingerprint density at radius 3 is 2.94 bits per heavy atom. The lowest BCUT2D eigenvalue weighted by Crippen LogP contribution is -2.33. The standard InChI is InChI=1S/C12H19ClN4O/c1-3-8(2)17-11(18)4-5-15-12-10(14)6-9(13)7-16-12/h6-8H,3-5,14H2,1-2H3,(H,15,16)(H,17,18). The highest BCUT2D eigenvalue weighted by Crippen LogP contribution is 2.18. The van der Waals surface area contributed by atoms with Gasteiger partial charge in [-0.25, -0.2) is 4.98 Å². The van der Waals surface area contributed by atoms with Crippen molar-refractivity contribution in [1.82, 2.24) is 10.3 Å². The van der Waals surface area contributed by atoms with Crippen LogP contribution in [-0.2, 0) is 4.79 Å². The number of amides is 1. The number of anilines is 2. The van der Waals surface area contributed by atoms with Gasteiger partial charge in [-0.2, -0.15) is 0 Å². The molecule has 0 aliphatic carbocycles. The van der Waals surface area contributed by atoms with Gasteiger partial charge in [0.2, 0.25) is 5.91 Å². The number of carbonyl (C=O) groups is 1. The molecule has 0 bridgehead atoms. The lowest BCUT2D eigenvalue weighted by molar-refractivity contribution is -0.121. The van der Waals surface area contributed by atoms with E-state index in [1.54, 1.807) is 6.07 Å². The number of halogens is 1. The Kier molecular flexibility index (Phi) is 5.71. The first kappa shape index (κ1) is 14.6. The number of carbonyl (C=O) groups excluding carboxylic acids is 1. The third-order valence-corrected chi connectivity index (χ3v) is 2.75. The Balaban J connectivity index is 2.35. The molecule has 0 spiro atoms. The zero-order valence-corrected chi connectivity index (χ0v) is 11.4. The number of hydrogen-bond acceptors (Lipinski definition) is 4. The third-order valence-electron chi connectivity index (χ3n) is 2.55. The van der Waals surface area contributed by atoms with Crippen LogP contribution >= 0.6 is 11.6 Å². The molecule has 1 heterocycles. The molecule has 0 radical (unpaired) electrons. The molecule has 1 unspecified atom stereocenters. The van der Waals surface area contributed by atoms with E-state index in [9.17, 15) is 4.79 Å². The number of hydrogen-bond donors (Lipinski definition) is 3. The minimum absolute atomic E-state index is 0.0179. The molecule has 4 N–H and O–H groups in total. The Hall–Kier alpha value is -1.49. The van der Waals surface area contributed by atoms with Gasteiger partial charge >= 0.3 is 0 Å². The van der Waals surface area contributed by atoms with Crippen LogP contribution in [0, 0.1) is 0 Å². The fourth-order valence-electron chi connectivity index (χ4n) is 1.35. The van der Waals surface area contributed by atoms with Gasteiger partial charge in [0.1, 0.15) is 5.82 Å². The van der Waals surface area contributed by atoms with E-state index in [1.807, 2.05) is 13.8 Å². The molecule has 0 saturated carbocycles. The van der Waals surface area contributed by atoms with Gasteiger partial charge < -0.3 is 16.4 Å². The highest BCUT2D eigenvalue weighted by molar-refractivity contribution is 6.30. The van der Waals surface area contributed by atoms with Crippen LogP contribution in [0.5, 0.6) is 0 Å². The van der Waals surface area contributed by atoms with E-state index in [-0.39, 0.29) is 11.9 Å². The maximum absolute atomic E-state index is 11.5. The summed E-state index contributed by atoms with van der Waals surface area (Å²) in [5.74, 6) is 0.570. The molecule has 1 amide bonds. The molecule has 100 valence electrons. The van der Waals surface area contributed by atoms with Crippen molar-refractivity contribution in [2.75, 3.05) is 17.6 Å². The molecule has 1 aromatic rings. The van der Waals surface area contributed by atoms with E-state index in [0.717, 1.165) is 6.42 Å². The first-order chi connectivity index (χ1) is 8.52. The van der Waals surface area contributed by atoms with Crippen molar-refractivity contribution in [3.63, 3.8) is 0 Å². The molecule has 0 aliphatic heterocycles. The summed E-state index contributed by atoms with van der Waals surface area (Å²) >= 11 is 5.74. The fraction of sp³-hybridized carbons (Fsp3) is 0.500. The topological polar surface area (TPSA) is 80.0 Å². The normalized spacial score (nSPS) is 11.9. The fourth-order valence-corrected chi connectivity index (χ4v) is 1.51. The number of nitrogens with one attached hydrogen (secondary N) is 2. The highest BCUT2D eigenvalue weighted by atomic mass is 35.5. The van der Waals surface area contributed by atoms with E-state index in [1.165, 1.54) is 6.20 Å². The second kappa shape index (κ2) is 7.06. The van der Waals surface area contributed by atoms with Crippen molar-refractivity contribution in [3.05, 3.63) is 17.3 Å². The largest absolute Gasteiger partial charge is 0.396 e. The van der Waals surface area contributed by atoms with Crippen molar-refractivity contribution in [2.45, 2.75) is 32.7 Å². The third kappa shape index (κ3) is 4.79. The quantitative estimate of drug-likeness (QED) is 0.739. The van der Waals surface area contributed by atoms with Crippen molar-refractivity contribution < 1.29 is 4.79 Å². The highest BCUT2D eigenvalue weighted by Gasteiger charge is 2.06. The predicted molar refractivity (Wildman–Crippen MR) is 74.7 cm³/mol. The predicted octanol–water partition coefficient (Wildman–Crippen LogP) is 2.03. The second-order valence-corrected chi connectivity index (χ2v) is 4.58. The molecule has 0 aliphatic rings. The molecule has 6 heteroatoms. The molecule has 18 heavy (non-hydrogen) atoms. The zero-order valence-electron chi connectivity index (χ0n) is 10.7. The Morgan fingerprint density at radius 2 is 2.33 bits per heavy atom. The maximum atomic E-state index is 11.5. The van der Waals surface area contributed by atoms with Crippen LogP contribution in [0.1, 0.15) is 26.7 Å². The molecule has 0 saturated heterocycles. The molecule has 0 fully saturated rings. The summed E-state index contributed by atoms with van der Waals surface area (Å²) in [5, 5.41) is 6.39. The lowest BCUT2D eigenvalue weighted by atomic mass is 10.2. The van der Waals surface area contributed by atoms with Gasteiger partial charge in [0, 0.05) is 25.2 Å². The minimum Gasteiger partial charge on any atom is -0.396 e. The van der Waals surface area contributed by atoms with E-state index in [2.05, 4.69) is 15.6 Å². The molecule has 1 aromatic heterocycles. The van der Waals surface area contributed by atoms with E-state index < -0.39 is 0 Å². The molecule has 5 nitrogen and oxygen atoms in total. The molecule has 1 rings (SSSR count). The summed E-state index contributed by atoms with van der Waals surface area (Å²) in [6.45, 7) is 4.49. The number of nitrogens with two attached hydrogens (primary N) is 1. The number of nitrogens with zero attached hydrogens (tertiary/aromatic N) is 1. The van der Waals surface area contributed by atoms with Crippen LogP contribution in [0.3, 0.4) is 0 Å². The van der Waals surface area contributed by atoms with Crippen molar-refractivity contribution in [1.29, 1.82) is 0 Å². The summed E-state index contributed by atoms with van der Waals surface area (Å²) < 4.78 is 0. The summed E-state index contributed by atoms with van der Waals surface area (Å²) in [6.07, 6.45) is 2.82. The second-order valence-electron chi connectivity index (χ2n) is 4.14. The van der Waals surface area contributed by atoms with E-state index in [0.29, 0.717) is 29.5 Å². The monoisotopic (exact) mass is 270 g/mol. The first-order valence-electron chi connectivity index (χ1n) is 5.97. The SMILES string of the molecule is CCC(C)NC(=O)CCNc1ncc(Cl)cc1N. The van der Waals surface area contributed by atoms with Crippen LogP contribution in [0.4, 0.5) is 11.5 Å². The first-order valence-corrected chi connectivity index (χ1v) is 6.35. The molecular weight excluding hydrogens is 252 g/mol. The minimum atomic E-state index is 0.0179. The summed E-state index contributed by atoms with van der Waals surface area (Å²) in [6, 6.07) is 1.83. The van der Waals surface area contributed by atoms with Crippen LogP contribution in [-0.4, -0.2) is 23.5 Å². The maximum Gasteiger partial charge on any atom is 0.221 e. The van der Waals surface area contributed by atoms with Crippen LogP contribution < -0.4 is 16.4 Å². The van der Waals surface area contributed by atoms with Gasteiger partial charge in [0.05, 0.1) is 10.7 Å². The number of rotatable bonds is 6. The molecule has 1 atom stereocenters. The average Bonchev–Trinajstić information content (AvgIpc) is 2.31. The number of nitrogen functional groups attached to an aromatic ring is 1. The van der Waals surface area contributed by atoms with E-state index in [4.69, 9.17) is 17.3 Å². The van der Waals surface area contributed by atoms with Crippen molar-refractivity contribution in [3.8, 4) is 0 Å². The van der Waals surface area contributed by atoms with Gasteiger partial charge in [-0.3, -0.25) is 4.79 Å². The van der Waals surface area contributed by atoms with Gasteiger partial charge in [-0.1, -0.05) is 18.5 Å². The average molecular weight is 271 g/mol. The van der Waals surface area contributed by atoms with Crippen molar-refractivity contribution >= 4 is 29.0 Å². The summed E-state index contributed by atoms with van der Waals surface area (Å²) in [4.78, 5) is 15.6. The van der Waals surface area contributed by atoms with Gasteiger partial charge in [-0.05, 0) is 19.4 Å². The number of pyridine rings is 1. The van der Waals surface area contributed by atoms with Crippen molar-refractivity contribution in [2.24, 2.45) is 0 Å². The zero-order chi connectivity index (χ0) is 13.5. The summed E-state index contributed by atoms with van der Waals surface area (Å²) in [7, 11) is 0. The van der Waals surface area contributed by atoms with Gasteiger partial charge in [0.15, 0.2) is 0 Å². The van der Waals surface area contributed by atoms with E-state index >= 15 is 0 Å². The molecular formula is C12H19ClN4O. The Labute approximate surface area is 112 Å². The van der Waals surface area contributed by atoms with Gasteiger partial charge in [-0.15, -0.1) is 0 Å². The molecule has 0 aromatic carbocycles. The van der Waals surface area contributed by atoms with Crippen LogP contribution in [0.25, 0.3) is 0 Å². The van der Waals surface area contributed by atoms with Crippen LogP contribution in [0.15, 0.2) is 12.3 Å².